The number of fused-ring (bicyclic) bond motifs is 1. The van der Waals surface area contributed by atoms with Gasteiger partial charge < -0.3 is 21.1 Å². The van der Waals surface area contributed by atoms with E-state index in [0.29, 0.717) is 35.3 Å². The van der Waals surface area contributed by atoms with Crippen LogP contribution in [0.3, 0.4) is 0 Å². The smallest absolute Gasteiger partial charge is 0.150 e. The summed E-state index contributed by atoms with van der Waals surface area (Å²) in [7, 11) is 0. The fraction of sp³-hybridized carbons (Fsp3) is 0.176. The van der Waals surface area contributed by atoms with Crippen LogP contribution in [0.4, 0.5) is 10.1 Å². The van der Waals surface area contributed by atoms with E-state index in [0.717, 1.165) is 17.0 Å². The summed E-state index contributed by atoms with van der Waals surface area (Å²) >= 11 is 6.01. The Morgan fingerprint density at radius 2 is 1.96 bits per heavy atom. The molecule has 3 rings (SSSR count). The maximum atomic E-state index is 13.7. The molecule has 0 atom stereocenters. The van der Waals surface area contributed by atoms with Gasteiger partial charge in [0, 0.05) is 23.7 Å². The molecule has 4 nitrogen and oxygen atoms in total. The zero-order valence-electron chi connectivity index (χ0n) is 13.4. The van der Waals surface area contributed by atoms with Crippen LogP contribution in [-0.2, 0) is 13.1 Å². The summed E-state index contributed by atoms with van der Waals surface area (Å²) in [6, 6.07) is 10.5. The van der Waals surface area contributed by atoms with Crippen molar-refractivity contribution in [3.63, 3.8) is 0 Å². The largest absolute Gasteiger partial charge is 0.456 e. The molecule has 0 aliphatic carbocycles. The minimum absolute atomic E-state index is 0. The van der Waals surface area contributed by atoms with Gasteiger partial charge in [-0.1, -0.05) is 23.7 Å². The number of rotatable bonds is 4. The Hall–Kier alpha value is -1.66. The quantitative estimate of drug-likeness (QED) is 0.696. The van der Waals surface area contributed by atoms with Crippen molar-refractivity contribution in [1.29, 1.82) is 0 Å². The van der Waals surface area contributed by atoms with E-state index in [9.17, 15) is 4.39 Å². The third kappa shape index (κ3) is 4.92. The number of allylic oxidation sites excluding steroid dienone is 1. The first-order valence-corrected chi connectivity index (χ1v) is 7.60. The molecule has 0 saturated carbocycles. The molecule has 25 heavy (non-hydrogen) atoms. The van der Waals surface area contributed by atoms with Crippen LogP contribution in [-0.4, -0.2) is 0 Å². The van der Waals surface area contributed by atoms with Crippen molar-refractivity contribution < 1.29 is 9.13 Å². The molecule has 1 heterocycles. The van der Waals surface area contributed by atoms with Gasteiger partial charge in [0.05, 0.1) is 5.69 Å². The number of hydrogen-bond acceptors (Lipinski definition) is 4. The second-order valence-corrected chi connectivity index (χ2v) is 5.74. The van der Waals surface area contributed by atoms with Crippen molar-refractivity contribution in [1.82, 2.24) is 5.32 Å². The Labute approximate surface area is 163 Å². The third-order valence-corrected chi connectivity index (χ3v) is 4.00. The second kappa shape index (κ2) is 9.15. The van der Waals surface area contributed by atoms with Crippen LogP contribution in [0, 0.1) is 5.82 Å². The van der Waals surface area contributed by atoms with E-state index in [1.807, 2.05) is 18.2 Å². The number of hydrogen-bond donors (Lipinski definition) is 3. The first kappa shape index (κ1) is 21.4. The molecule has 8 heteroatoms. The van der Waals surface area contributed by atoms with Crippen LogP contribution >= 0.6 is 36.4 Å². The minimum Gasteiger partial charge on any atom is -0.456 e. The first-order valence-electron chi connectivity index (χ1n) is 7.22. The van der Waals surface area contributed by atoms with Gasteiger partial charge in [-0.05, 0) is 36.8 Å². The van der Waals surface area contributed by atoms with Crippen LogP contribution < -0.4 is 21.1 Å². The lowest BCUT2D eigenvalue weighted by molar-refractivity contribution is 0.415. The highest BCUT2D eigenvalue weighted by atomic mass is 35.5. The maximum absolute atomic E-state index is 13.7. The summed E-state index contributed by atoms with van der Waals surface area (Å²) in [6.07, 6.45) is 0. The van der Waals surface area contributed by atoms with Crippen LogP contribution in [0.15, 0.2) is 48.0 Å². The predicted molar refractivity (Wildman–Crippen MR) is 104 cm³/mol. The van der Waals surface area contributed by atoms with E-state index in [2.05, 4.69) is 10.6 Å². The van der Waals surface area contributed by atoms with Crippen molar-refractivity contribution >= 4 is 42.1 Å². The van der Waals surface area contributed by atoms with Crippen LogP contribution in [0.1, 0.15) is 18.1 Å². The van der Waals surface area contributed by atoms with Gasteiger partial charge in [0.1, 0.15) is 17.4 Å². The summed E-state index contributed by atoms with van der Waals surface area (Å²) in [5.74, 6) is 1.58. The molecule has 2 aromatic carbocycles. The number of ether oxygens (including phenoxy) is 1. The van der Waals surface area contributed by atoms with E-state index in [-0.39, 0.29) is 30.6 Å². The Balaban J connectivity index is 0.00000156. The molecule has 1 aliphatic rings. The maximum Gasteiger partial charge on any atom is 0.150 e. The number of halogens is 4. The van der Waals surface area contributed by atoms with Gasteiger partial charge >= 0.3 is 0 Å². The number of nitrogens with two attached hydrogens (primary N) is 1. The third-order valence-electron chi connectivity index (χ3n) is 3.65. The normalized spacial score (nSPS) is 12.3. The summed E-state index contributed by atoms with van der Waals surface area (Å²) in [5.41, 5.74) is 8.14. The molecule has 136 valence electrons. The van der Waals surface area contributed by atoms with Crippen molar-refractivity contribution in [3.8, 4) is 5.75 Å². The second-order valence-electron chi connectivity index (χ2n) is 5.33. The van der Waals surface area contributed by atoms with Gasteiger partial charge in [-0.25, -0.2) is 4.39 Å². The molecule has 1 aliphatic heterocycles. The van der Waals surface area contributed by atoms with E-state index >= 15 is 0 Å². The Kier molecular flexibility index (Phi) is 7.83. The zero-order valence-corrected chi connectivity index (χ0v) is 15.8. The Morgan fingerprint density at radius 3 is 2.68 bits per heavy atom. The summed E-state index contributed by atoms with van der Waals surface area (Å²) in [5, 5.41) is 6.71. The highest BCUT2D eigenvalue weighted by Crippen LogP contribution is 2.32. The molecule has 0 aromatic heterocycles. The van der Waals surface area contributed by atoms with E-state index < -0.39 is 0 Å². The van der Waals surface area contributed by atoms with Crippen molar-refractivity contribution in [2.24, 2.45) is 5.73 Å². The van der Waals surface area contributed by atoms with Gasteiger partial charge in [-0.3, -0.25) is 0 Å². The SMILES string of the molecule is CC1=C(N)Nc2cc(CNCc3c(F)cccc3Cl)ccc2O1.Cl.Cl. The lowest BCUT2D eigenvalue weighted by Gasteiger charge is -2.21. The Bertz CT molecular complexity index is 763. The fourth-order valence-corrected chi connectivity index (χ4v) is 2.59. The topological polar surface area (TPSA) is 59.3 Å². The molecular weight excluding hydrogens is 388 g/mol. The van der Waals surface area contributed by atoms with Crippen LogP contribution in [0.25, 0.3) is 0 Å². The van der Waals surface area contributed by atoms with Gasteiger partial charge in [-0.2, -0.15) is 0 Å². The Morgan fingerprint density at radius 1 is 1.20 bits per heavy atom. The van der Waals surface area contributed by atoms with Crippen molar-refractivity contribution in [3.05, 3.63) is 69.9 Å². The number of anilines is 1. The molecule has 0 radical (unpaired) electrons. The highest BCUT2D eigenvalue weighted by Gasteiger charge is 2.14. The number of benzene rings is 2. The molecule has 0 saturated heterocycles. The van der Waals surface area contributed by atoms with Gasteiger partial charge in [0.2, 0.25) is 0 Å². The zero-order chi connectivity index (χ0) is 16.4. The van der Waals surface area contributed by atoms with E-state index in [1.165, 1.54) is 6.07 Å². The highest BCUT2D eigenvalue weighted by molar-refractivity contribution is 6.31. The van der Waals surface area contributed by atoms with E-state index in [4.69, 9.17) is 22.1 Å². The monoisotopic (exact) mass is 405 g/mol. The lowest BCUT2D eigenvalue weighted by atomic mass is 10.1. The molecule has 4 N–H and O–H groups in total. The van der Waals surface area contributed by atoms with Crippen LogP contribution in [0.2, 0.25) is 5.02 Å². The van der Waals surface area contributed by atoms with Crippen molar-refractivity contribution in [2.75, 3.05) is 5.32 Å². The molecule has 0 fully saturated rings. The van der Waals surface area contributed by atoms with Gasteiger partial charge in [0.15, 0.2) is 5.75 Å². The van der Waals surface area contributed by atoms with E-state index in [1.54, 1.807) is 19.1 Å². The number of nitrogens with one attached hydrogen (secondary N) is 2. The molecule has 0 unspecified atom stereocenters. The molecule has 2 aromatic rings. The first-order chi connectivity index (χ1) is 11.0. The summed E-state index contributed by atoms with van der Waals surface area (Å²) in [6.45, 7) is 2.73. The summed E-state index contributed by atoms with van der Waals surface area (Å²) in [4.78, 5) is 0. The average Bonchev–Trinajstić information content (AvgIpc) is 2.51. The lowest BCUT2D eigenvalue weighted by Crippen LogP contribution is -2.19. The molecule has 0 spiro atoms. The van der Waals surface area contributed by atoms with Crippen molar-refractivity contribution in [2.45, 2.75) is 20.0 Å². The molecular formula is C17H19Cl3FN3O. The predicted octanol–water partition coefficient (Wildman–Crippen LogP) is 4.56. The average molecular weight is 407 g/mol. The summed E-state index contributed by atoms with van der Waals surface area (Å²) < 4.78 is 19.3. The van der Waals surface area contributed by atoms with Crippen LogP contribution in [0.5, 0.6) is 5.75 Å². The van der Waals surface area contributed by atoms with Gasteiger partial charge in [-0.15, -0.1) is 24.8 Å². The minimum atomic E-state index is -0.307. The molecule has 0 bridgehead atoms. The van der Waals surface area contributed by atoms with Gasteiger partial charge in [0.25, 0.3) is 0 Å². The standard InChI is InChI=1S/C17H17ClFN3O.2ClH/c1-10-17(20)22-15-7-11(5-6-16(15)23-10)8-21-9-12-13(18)3-2-4-14(12)19;;/h2-7,21-22H,8-9,20H2,1H3;2*1H. The molecule has 0 amide bonds. The fourth-order valence-electron chi connectivity index (χ4n) is 2.36.